The molecule has 2 N–H and O–H groups in total. The normalized spacial score (nSPS) is 21.5. The maximum atomic E-state index is 13.2. The first kappa shape index (κ1) is 24.7. The van der Waals surface area contributed by atoms with Gasteiger partial charge in [0.2, 0.25) is 11.9 Å². The molecule has 2 aliphatic rings. The average Bonchev–Trinajstić information content (AvgIpc) is 3.19. The zero-order valence-electron chi connectivity index (χ0n) is 17.8. The third kappa shape index (κ3) is 5.16. The summed E-state index contributed by atoms with van der Waals surface area (Å²) in [5.41, 5.74) is -3.88. The van der Waals surface area contributed by atoms with Gasteiger partial charge in [-0.05, 0) is 0 Å². The Hall–Kier alpha value is -3.43. The number of amides is 1. The number of aliphatic hydroxyl groups excluding tert-OH is 1. The number of aromatic nitrogens is 4. The Morgan fingerprint density at radius 3 is 2.23 bits per heavy atom. The van der Waals surface area contributed by atoms with Gasteiger partial charge in [0.15, 0.2) is 5.82 Å². The van der Waals surface area contributed by atoms with Gasteiger partial charge in [0.1, 0.15) is 11.6 Å². The third-order valence-electron chi connectivity index (χ3n) is 5.79. The highest BCUT2D eigenvalue weighted by atomic mass is 19.4. The third-order valence-corrected chi connectivity index (χ3v) is 5.79. The Balaban J connectivity index is 1.45. The van der Waals surface area contributed by atoms with E-state index < -0.39 is 47.1 Å². The first-order valence-corrected chi connectivity index (χ1v) is 10.4. The van der Waals surface area contributed by atoms with Crippen molar-refractivity contribution >= 4 is 17.7 Å². The van der Waals surface area contributed by atoms with Gasteiger partial charge in [0.25, 0.3) is 5.56 Å². The number of halogens is 6. The van der Waals surface area contributed by atoms with E-state index in [1.807, 2.05) is 0 Å². The molecule has 0 radical (unpaired) electrons. The molecule has 16 heteroatoms. The molecule has 10 nitrogen and oxygen atoms in total. The quantitative estimate of drug-likeness (QED) is 0.589. The second-order valence-electron chi connectivity index (χ2n) is 8.11. The molecule has 0 spiro atoms. The van der Waals surface area contributed by atoms with E-state index >= 15 is 0 Å². The van der Waals surface area contributed by atoms with Crippen molar-refractivity contribution in [2.24, 2.45) is 0 Å². The number of nitrogens with one attached hydrogen (secondary N) is 1. The summed E-state index contributed by atoms with van der Waals surface area (Å²) in [4.78, 5) is 36.4. The number of alkyl halides is 6. The Morgan fingerprint density at radius 2 is 1.66 bits per heavy atom. The van der Waals surface area contributed by atoms with Gasteiger partial charge in [0, 0.05) is 57.6 Å². The maximum absolute atomic E-state index is 13.2. The lowest BCUT2D eigenvalue weighted by Gasteiger charge is -2.37. The molecule has 2 saturated heterocycles. The van der Waals surface area contributed by atoms with Gasteiger partial charge < -0.3 is 19.8 Å². The molecule has 1 amide bonds. The van der Waals surface area contributed by atoms with Crippen molar-refractivity contribution in [3.8, 4) is 0 Å². The Morgan fingerprint density at radius 1 is 1.03 bits per heavy atom. The van der Waals surface area contributed by atoms with Crippen molar-refractivity contribution in [2.45, 2.75) is 30.9 Å². The number of hydrogen-bond donors (Lipinski definition) is 2. The molecular weight excluding hydrogens is 488 g/mol. The Labute approximate surface area is 193 Å². The minimum Gasteiger partial charge on any atom is -0.391 e. The van der Waals surface area contributed by atoms with Crippen LogP contribution in [0.25, 0.3) is 0 Å². The van der Waals surface area contributed by atoms with Crippen LogP contribution in [0, 0.1) is 0 Å². The largest absolute Gasteiger partial charge is 0.421 e. The summed E-state index contributed by atoms with van der Waals surface area (Å²) in [7, 11) is 0. The number of aromatic amines is 1. The molecule has 0 aliphatic carbocycles. The highest BCUT2D eigenvalue weighted by molar-refractivity contribution is 5.86. The number of β-amino-alcohol motifs (C(OH)–C–C–N with tert-alkyl or cyclic N) is 1. The lowest BCUT2D eigenvalue weighted by molar-refractivity contribution is -0.139. The minimum atomic E-state index is -4.93. The fraction of sp³-hybridized carbons (Fsp3) is 0.526. The van der Waals surface area contributed by atoms with Crippen molar-refractivity contribution in [1.82, 2.24) is 25.1 Å². The van der Waals surface area contributed by atoms with Crippen LogP contribution in [0.1, 0.15) is 17.5 Å². The minimum absolute atomic E-state index is 0.0524. The molecule has 2 aromatic heterocycles. The molecule has 2 aromatic rings. The Bertz CT molecular complexity index is 1130. The van der Waals surface area contributed by atoms with E-state index in [4.69, 9.17) is 0 Å². The van der Waals surface area contributed by atoms with Gasteiger partial charge in [0.05, 0.1) is 11.7 Å². The van der Waals surface area contributed by atoms with Gasteiger partial charge >= 0.3 is 12.4 Å². The number of carbonyl (C=O) groups excluding carboxylic acids is 1. The highest BCUT2D eigenvalue weighted by Crippen LogP contribution is 2.31. The second-order valence-corrected chi connectivity index (χ2v) is 8.11. The van der Waals surface area contributed by atoms with Crippen molar-refractivity contribution < 1.29 is 36.2 Å². The van der Waals surface area contributed by atoms with Gasteiger partial charge in [-0.15, -0.1) is 0 Å². The number of aliphatic hydroxyl groups is 1. The molecule has 190 valence electrons. The fourth-order valence-corrected chi connectivity index (χ4v) is 4.02. The summed E-state index contributed by atoms with van der Waals surface area (Å²) in [6.45, 7) is 0.558. The molecule has 2 aliphatic heterocycles. The van der Waals surface area contributed by atoms with Crippen LogP contribution in [-0.4, -0.2) is 80.9 Å². The summed E-state index contributed by atoms with van der Waals surface area (Å²) < 4.78 is 77.5. The van der Waals surface area contributed by atoms with Gasteiger partial charge in [-0.2, -0.15) is 31.4 Å². The van der Waals surface area contributed by atoms with Crippen molar-refractivity contribution in [2.75, 3.05) is 42.5 Å². The number of piperazine rings is 1. The number of hydrogen-bond acceptors (Lipinski definition) is 8. The van der Waals surface area contributed by atoms with Crippen LogP contribution in [0.3, 0.4) is 0 Å². The van der Waals surface area contributed by atoms with Crippen LogP contribution in [0.5, 0.6) is 0 Å². The molecule has 35 heavy (non-hydrogen) atoms. The van der Waals surface area contributed by atoms with Gasteiger partial charge in [-0.1, -0.05) is 0 Å². The second kappa shape index (κ2) is 8.98. The average molecular weight is 507 g/mol. The van der Waals surface area contributed by atoms with Crippen LogP contribution in [-0.2, 0) is 17.1 Å². The van der Waals surface area contributed by atoms with E-state index in [2.05, 4.69) is 15.1 Å². The van der Waals surface area contributed by atoms with E-state index in [1.54, 1.807) is 10.00 Å². The van der Waals surface area contributed by atoms with Crippen molar-refractivity contribution in [3.05, 3.63) is 39.9 Å². The van der Waals surface area contributed by atoms with Crippen LogP contribution in [0.15, 0.2) is 23.3 Å². The highest BCUT2D eigenvalue weighted by Gasteiger charge is 2.42. The number of rotatable bonds is 3. The molecule has 0 unspecified atom stereocenters. The van der Waals surface area contributed by atoms with E-state index in [9.17, 15) is 41.0 Å². The first-order valence-electron chi connectivity index (χ1n) is 10.4. The zero-order valence-corrected chi connectivity index (χ0v) is 17.8. The van der Waals surface area contributed by atoms with Crippen molar-refractivity contribution in [1.29, 1.82) is 0 Å². The summed E-state index contributed by atoms with van der Waals surface area (Å²) in [5, 5.41) is 15.5. The summed E-state index contributed by atoms with van der Waals surface area (Å²) >= 11 is 0. The summed E-state index contributed by atoms with van der Waals surface area (Å²) in [6, 6.07) is -0.477. The van der Waals surface area contributed by atoms with Crippen LogP contribution in [0.4, 0.5) is 38.1 Å². The van der Waals surface area contributed by atoms with Gasteiger partial charge in [-0.25, -0.2) is 15.1 Å². The van der Waals surface area contributed by atoms with Crippen molar-refractivity contribution in [3.63, 3.8) is 0 Å². The summed E-state index contributed by atoms with van der Waals surface area (Å²) in [5.74, 6) is -0.695. The molecule has 0 bridgehead atoms. The number of carbonyl (C=O) groups is 1. The molecule has 0 saturated carbocycles. The summed E-state index contributed by atoms with van der Waals surface area (Å²) in [6.07, 6.45) is -9.21. The number of H-pyrrole nitrogens is 1. The fourth-order valence-electron chi connectivity index (χ4n) is 4.02. The molecular formula is C19H19F6N7O3. The molecule has 4 heterocycles. The smallest absolute Gasteiger partial charge is 0.391 e. The standard InChI is InChI=1S/C19H19F6N7O3/c20-18(21,22)10-7-26-17(27-8-10)31-3-1-30(2-4-31)16(35)13-5-11(33)9-32(13)14-6-12(19(23,24)25)15(34)29-28-14/h6-8,11,13,33H,1-5,9H2,(H,29,34)/t11-,13-/m0/s1. The van der Waals surface area contributed by atoms with Crippen LogP contribution in [0.2, 0.25) is 0 Å². The van der Waals surface area contributed by atoms with E-state index in [1.165, 1.54) is 9.80 Å². The Kier molecular flexibility index (Phi) is 6.33. The topological polar surface area (TPSA) is 119 Å². The number of anilines is 2. The van der Waals surface area contributed by atoms with E-state index in [0.717, 1.165) is 0 Å². The monoisotopic (exact) mass is 507 g/mol. The van der Waals surface area contributed by atoms with Crippen LogP contribution < -0.4 is 15.4 Å². The lowest BCUT2D eigenvalue weighted by Crippen LogP contribution is -2.54. The van der Waals surface area contributed by atoms with E-state index in [0.29, 0.717) is 18.5 Å². The lowest BCUT2D eigenvalue weighted by atomic mass is 10.1. The van der Waals surface area contributed by atoms with Gasteiger partial charge in [-0.3, -0.25) is 9.59 Å². The SMILES string of the molecule is O=C([C@@H]1C[C@H](O)CN1c1cc(C(F)(F)F)c(=O)[nH]n1)N1CCN(c2ncc(C(F)(F)F)cn2)CC1. The molecule has 2 fully saturated rings. The zero-order chi connectivity index (χ0) is 25.5. The molecule has 4 rings (SSSR count). The maximum Gasteiger partial charge on any atom is 0.421 e. The molecule has 0 aromatic carbocycles. The molecule has 2 atom stereocenters. The van der Waals surface area contributed by atoms with E-state index in [-0.39, 0.29) is 50.9 Å². The van der Waals surface area contributed by atoms with Crippen LogP contribution >= 0.6 is 0 Å². The first-order chi connectivity index (χ1) is 16.3. The number of nitrogens with zero attached hydrogens (tertiary/aromatic N) is 6. The predicted molar refractivity (Wildman–Crippen MR) is 107 cm³/mol. The predicted octanol–water partition coefficient (Wildman–Crippen LogP) is 0.886.